The molecule has 3 rings (SSSR count). The molecular weight excluding hydrogens is 346 g/mol. The van der Waals surface area contributed by atoms with Crippen molar-refractivity contribution in [2.24, 2.45) is 5.92 Å². The molecule has 1 amide bonds. The van der Waals surface area contributed by atoms with E-state index in [0.717, 1.165) is 5.56 Å². The molecule has 1 saturated heterocycles. The number of hydrogen-bond acceptors (Lipinski definition) is 5. The van der Waals surface area contributed by atoms with Crippen molar-refractivity contribution in [1.29, 1.82) is 0 Å². The zero-order chi connectivity index (χ0) is 17.8. The summed E-state index contributed by atoms with van der Waals surface area (Å²) >= 11 is 6.19. The van der Waals surface area contributed by atoms with Gasteiger partial charge in [-0.05, 0) is 36.6 Å². The first-order chi connectivity index (χ1) is 12.1. The largest absolute Gasteiger partial charge is 0.486 e. The van der Waals surface area contributed by atoms with E-state index in [4.69, 9.17) is 25.8 Å². The summed E-state index contributed by atoms with van der Waals surface area (Å²) in [6, 6.07) is 3.54. The number of benzene rings is 1. The molecule has 25 heavy (non-hydrogen) atoms. The van der Waals surface area contributed by atoms with Crippen LogP contribution in [0.4, 0.5) is 0 Å². The maximum absolute atomic E-state index is 12.3. The van der Waals surface area contributed by atoms with Crippen molar-refractivity contribution < 1.29 is 23.8 Å². The number of esters is 1. The number of rotatable bonds is 3. The minimum Gasteiger partial charge on any atom is -0.486 e. The monoisotopic (exact) mass is 365 g/mol. The van der Waals surface area contributed by atoms with E-state index < -0.39 is 0 Å². The zero-order valence-electron chi connectivity index (χ0n) is 14.0. The number of carbonyl (C=O) groups excluding carboxylic acids is 2. The average Bonchev–Trinajstić information content (AvgIpc) is 2.65. The summed E-state index contributed by atoms with van der Waals surface area (Å²) in [6.07, 6.45) is 4.48. The summed E-state index contributed by atoms with van der Waals surface area (Å²) in [5.74, 6) is 0.725. The Morgan fingerprint density at radius 1 is 1.24 bits per heavy atom. The van der Waals surface area contributed by atoms with Gasteiger partial charge in [-0.1, -0.05) is 11.6 Å². The van der Waals surface area contributed by atoms with Gasteiger partial charge in [0.15, 0.2) is 11.5 Å². The molecule has 6 nitrogen and oxygen atoms in total. The number of fused-ring (bicyclic) bond motifs is 1. The molecule has 0 spiro atoms. The van der Waals surface area contributed by atoms with E-state index in [1.165, 1.54) is 13.2 Å². The third-order valence-corrected chi connectivity index (χ3v) is 4.66. The lowest BCUT2D eigenvalue weighted by Gasteiger charge is -2.29. The van der Waals surface area contributed by atoms with Gasteiger partial charge in [-0.25, -0.2) is 0 Å². The third-order valence-electron chi connectivity index (χ3n) is 4.38. The van der Waals surface area contributed by atoms with Crippen molar-refractivity contribution in [3.05, 3.63) is 28.8 Å². The van der Waals surface area contributed by atoms with Crippen molar-refractivity contribution >= 4 is 29.6 Å². The van der Waals surface area contributed by atoms with Crippen molar-refractivity contribution in [3.63, 3.8) is 0 Å². The van der Waals surface area contributed by atoms with Crippen LogP contribution in [0.3, 0.4) is 0 Å². The minimum atomic E-state index is -0.200. The number of methoxy groups -OCH3 is 1. The summed E-state index contributed by atoms with van der Waals surface area (Å²) in [5.41, 5.74) is 0.770. The Morgan fingerprint density at radius 2 is 1.96 bits per heavy atom. The first kappa shape index (κ1) is 17.6. The second-order valence-corrected chi connectivity index (χ2v) is 6.39. The van der Waals surface area contributed by atoms with Crippen molar-refractivity contribution in [2.45, 2.75) is 12.8 Å². The van der Waals surface area contributed by atoms with Gasteiger partial charge >= 0.3 is 5.97 Å². The predicted molar refractivity (Wildman–Crippen MR) is 92.8 cm³/mol. The maximum atomic E-state index is 12.3. The highest BCUT2D eigenvalue weighted by Gasteiger charge is 2.27. The highest BCUT2D eigenvalue weighted by Crippen LogP contribution is 2.38. The second-order valence-electron chi connectivity index (χ2n) is 5.98. The fourth-order valence-electron chi connectivity index (χ4n) is 3.00. The average molecular weight is 366 g/mol. The van der Waals surface area contributed by atoms with Crippen LogP contribution in [0, 0.1) is 5.92 Å². The molecule has 2 aliphatic heterocycles. The minimum absolute atomic E-state index is 0.0886. The van der Waals surface area contributed by atoms with Crippen molar-refractivity contribution in [2.75, 3.05) is 33.4 Å². The quantitative estimate of drug-likeness (QED) is 0.608. The first-order valence-electron chi connectivity index (χ1n) is 8.22. The highest BCUT2D eigenvalue weighted by atomic mass is 35.5. The second kappa shape index (κ2) is 7.78. The molecule has 1 aromatic carbocycles. The Morgan fingerprint density at radius 3 is 2.68 bits per heavy atom. The molecule has 1 aromatic rings. The molecule has 0 radical (unpaired) electrons. The van der Waals surface area contributed by atoms with Crippen LogP contribution < -0.4 is 9.47 Å². The highest BCUT2D eigenvalue weighted by molar-refractivity contribution is 6.32. The molecule has 0 unspecified atom stereocenters. The lowest BCUT2D eigenvalue weighted by Crippen LogP contribution is -2.39. The van der Waals surface area contributed by atoms with E-state index in [1.807, 2.05) is 0 Å². The lowest BCUT2D eigenvalue weighted by atomic mass is 9.97. The van der Waals surface area contributed by atoms with Gasteiger partial charge in [-0.2, -0.15) is 0 Å². The van der Waals surface area contributed by atoms with Crippen LogP contribution in [0.2, 0.25) is 5.02 Å². The van der Waals surface area contributed by atoms with Crippen LogP contribution in [0.15, 0.2) is 18.2 Å². The van der Waals surface area contributed by atoms with Crippen LogP contribution in [0.1, 0.15) is 18.4 Å². The molecule has 0 bridgehead atoms. The van der Waals surface area contributed by atoms with Gasteiger partial charge in [-0.3, -0.25) is 9.59 Å². The number of ether oxygens (including phenoxy) is 3. The predicted octanol–water partition coefficient (Wildman–Crippen LogP) is 2.54. The SMILES string of the molecule is COC(=O)C1CCN(C(=O)/C=C/c2cc(Cl)c3c(c2)OCCO3)CC1. The number of halogens is 1. The molecule has 0 aromatic heterocycles. The summed E-state index contributed by atoms with van der Waals surface area (Å²) in [7, 11) is 1.39. The number of hydrogen-bond donors (Lipinski definition) is 0. The van der Waals surface area contributed by atoms with E-state index in [1.54, 1.807) is 23.1 Å². The lowest BCUT2D eigenvalue weighted by molar-refractivity contribution is -0.148. The topological polar surface area (TPSA) is 65.1 Å². The Kier molecular flexibility index (Phi) is 5.48. The smallest absolute Gasteiger partial charge is 0.308 e. The molecule has 2 aliphatic rings. The van der Waals surface area contributed by atoms with E-state index in [0.29, 0.717) is 55.7 Å². The summed E-state index contributed by atoms with van der Waals surface area (Å²) < 4.78 is 15.8. The summed E-state index contributed by atoms with van der Waals surface area (Å²) in [5, 5.41) is 0.461. The Hall–Kier alpha value is -2.21. The number of nitrogens with zero attached hydrogens (tertiary/aromatic N) is 1. The molecular formula is C18H20ClNO5. The Labute approximate surface area is 151 Å². The van der Waals surface area contributed by atoms with Crippen LogP contribution in [-0.4, -0.2) is 50.2 Å². The van der Waals surface area contributed by atoms with E-state index in [9.17, 15) is 9.59 Å². The van der Waals surface area contributed by atoms with E-state index in [2.05, 4.69) is 0 Å². The van der Waals surface area contributed by atoms with Crippen molar-refractivity contribution in [3.8, 4) is 11.5 Å². The van der Waals surface area contributed by atoms with Gasteiger partial charge < -0.3 is 19.1 Å². The molecule has 0 aliphatic carbocycles. The normalized spacial score (nSPS) is 17.6. The van der Waals surface area contributed by atoms with E-state index >= 15 is 0 Å². The van der Waals surface area contributed by atoms with Gasteiger partial charge in [0.25, 0.3) is 0 Å². The maximum Gasteiger partial charge on any atom is 0.308 e. The summed E-state index contributed by atoms with van der Waals surface area (Å²) in [6.45, 7) is 2.04. The van der Waals surface area contributed by atoms with Gasteiger partial charge in [-0.15, -0.1) is 0 Å². The number of amides is 1. The van der Waals surface area contributed by atoms with Crippen LogP contribution >= 0.6 is 11.6 Å². The van der Waals surface area contributed by atoms with Gasteiger partial charge in [0.2, 0.25) is 5.91 Å². The van der Waals surface area contributed by atoms with Gasteiger partial charge in [0.1, 0.15) is 13.2 Å². The molecule has 0 saturated carbocycles. The first-order valence-corrected chi connectivity index (χ1v) is 8.60. The fourth-order valence-corrected chi connectivity index (χ4v) is 3.28. The van der Waals surface area contributed by atoms with E-state index in [-0.39, 0.29) is 17.8 Å². The van der Waals surface area contributed by atoms with Crippen LogP contribution in [-0.2, 0) is 14.3 Å². The molecule has 7 heteroatoms. The third kappa shape index (κ3) is 4.07. The fraction of sp³-hybridized carbons (Fsp3) is 0.444. The van der Waals surface area contributed by atoms with Crippen LogP contribution in [0.25, 0.3) is 6.08 Å². The molecule has 1 fully saturated rings. The van der Waals surface area contributed by atoms with Gasteiger partial charge in [0.05, 0.1) is 18.1 Å². The van der Waals surface area contributed by atoms with Crippen LogP contribution in [0.5, 0.6) is 11.5 Å². The Balaban J connectivity index is 1.62. The molecule has 2 heterocycles. The van der Waals surface area contributed by atoms with Crippen molar-refractivity contribution in [1.82, 2.24) is 4.90 Å². The molecule has 134 valence electrons. The Bertz CT molecular complexity index is 695. The zero-order valence-corrected chi connectivity index (χ0v) is 14.8. The molecule has 0 N–H and O–H groups in total. The number of piperidine rings is 1. The number of carbonyl (C=O) groups is 2. The standard InChI is InChI=1S/C18H20ClNO5/c1-23-18(22)13-4-6-20(7-5-13)16(21)3-2-12-10-14(19)17-15(11-12)24-8-9-25-17/h2-3,10-11,13H,4-9H2,1H3/b3-2+. The van der Waals surface area contributed by atoms with Gasteiger partial charge in [0, 0.05) is 19.2 Å². The molecule has 0 atom stereocenters. The number of likely N-dealkylation sites (tertiary alicyclic amines) is 1. The summed E-state index contributed by atoms with van der Waals surface area (Å²) in [4.78, 5) is 25.6.